The van der Waals surface area contributed by atoms with Gasteiger partial charge in [-0.05, 0) is 12.8 Å². The van der Waals surface area contributed by atoms with Crippen LogP contribution in [0.1, 0.15) is 43.3 Å². The Morgan fingerprint density at radius 3 is 2.69 bits per heavy atom. The standard InChI is InChI=1S/C17H28N6O3/c1-21-15(12-22-7-9-26-10-8-22)19-20-17(21)13-3-2-6-23(11-13)16(25)5-4-14(18)24/h13H,2-12H2,1H3,(H2,18,24)/t13-/m1/s1. The summed E-state index contributed by atoms with van der Waals surface area (Å²) in [5.41, 5.74) is 5.14. The predicted octanol–water partition coefficient (Wildman–Crippen LogP) is -0.381. The maximum atomic E-state index is 12.3. The first kappa shape index (κ1) is 18.8. The highest BCUT2D eigenvalue weighted by Crippen LogP contribution is 2.26. The van der Waals surface area contributed by atoms with Gasteiger partial charge in [-0.3, -0.25) is 14.5 Å². The predicted molar refractivity (Wildman–Crippen MR) is 94.1 cm³/mol. The SMILES string of the molecule is Cn1c(CN2CCOCC2)nnc1[C@@H]1CCCN(C(=O)CCC(N)=O)C1. The number of nitrogens with zero attached hydrogens (tertiary/aromatic N) is 5. The monoisotopic (exact) mass is 364 g/mol. The average Bonchev–Trinajstić information content (AvgIpc) is 3.01. The lowest BCUT2D eigenvalue weighted by Gasteiger charge is -2.32. The van der Waals surface area contributed by atoms with E-state index in [1.54, 1.807) is 0 Å². The molecule has 3 rings (SSSR count). The lowest BCUT2D eigenvalue weighted by molar-refractivity contribution is -0.134. The van der Waals surface area contributed by atoms with Crippen molar-refractivity contribution in [2.75, 3.05) is 39.4 Å². The Morgan fingerprint density at radius 2 is 1.96 bits per heavy atom. The summed E-state index contributed by atoms with van der Waals surface area (Å²) < 4.78 is 7.45. The van der Waals surface area contributed by atoms with Gasteiger partial charge in [0.15, 0.2) is 0 Å². The van der Waals surface area contributed by atoms with Gasteiger partial charge in [0, 0.05) is 52.0 Å². The third-order valence-corrected chi connectivity index (χ3v) is 5.19. The van der Waals surface area contributed by atoms with Crippen LogP contribution in [0.3, 0.4) is 0 Å². The van der Waals surface area contributed by atoms with Crippen molar-refractivity contribution in [1.82, 2.24) is 24.6 Å². The molecule has 0 bridgehead atoms. The first-order valence-corrected chi connectivity index (χ1v) is 9.29. The highest BCUT2D eigenvalue weighted by Gasteiger charge is 2.28. The molecule has 0 spiro atoms. The molecule has 1 atom stereocenters. The lowest BCUT2D eigenvalue weighted by Crippen LogP contribution is -2.40. The molecule has 0 unspecified atom stereocenters. The van der Waals surface area contributed by atoms with Gasteiger partial charge in [-0.15, -0.1) is 10.2 Å². The molecule has 2 saturated heterocycles. The van der Waals surface area contributed by atoms with Crippen LogP contribution in [0.4, 0.5) is 0 Å². The van der Waals surface area contributed by atoms with Gasteiger partial charge in [0.2, 0.25) is 11.8 Å². The molecule has 9 nitrogen and oxygen atoms in total. The summed E-state index contributed by atoms with van der Waals surface area (Å²) in [6.07, 6.45) is 2.21. The van der Waals surface area contributed by atoms with Crippen molar-refractivity contribution in [2.24, 2.45) is 12.8 Å². The van der Waals surface area contributed by atoms with Crippen LogP contribution in [0.2, 0.25) is 0 Å². The third kappa shape index (κ3) is 4.59. The number of amides is 2. The fourth-order valence-corrected chi connectivity index (χ4v) is 3.63. The molecule has 2 N–H and O–H groups in total. The molecule has 2 amide bonds. The molecule has 1 aromatic rings. The average molecular weight is 364 g/mol. The van der Waals surface area contributed by atoms with Gasteiger partial charge >= 0.3 is 0 Å². The van der Waals surface area contributed by atoms with Crippen LogP contribution < -0.4 is 5.73 Å². The number of carbonyl (C=O) groups is 2. The molecule has 1 aromatic heterocycles. The zero-order valence-corrected chi connectivity index (χ0v) is 15.4. The molecule has 0 aromatic carbocycles. The van der Waals surface area contributed by atoms with Gasteiger partial charge in [0.05, 0.1) is 19.8 Å². The van der Waals surface area contributed by atoms with E-state index in [9.17, 15) is 9.59 Å². The summed E-state index contributed by atoms with van der Waals surface area (Å²) in [4.78, 5) is 27.3. The molecule has 9 heteroatoms. The van der Waals surface area contributed by atoms with E-state index in [1.807, 2.05) is 11.9 Å². The minimum atomic E-state index is -0.437. The van der Waals surface area contributed by atoms with E-state index in [-0.39, 0.29) is 24.7 Å². The molecule has 0 saturated carbocycles. The second kappa shape index (κ2) is 8.59. The third-order valence-electron chi connectivity index (χ3n) is 5.19. The Bertz CT molecular complexity index is 640. The Labute approximate surface area is 153 Å². The van der Waals surface area contributed by atoms with Crippen LogP contribution in [0.25, 0.3) is 0 Å². The number of likely N-dealkylation sites (tertiary alicyclic amines) is 1. The maximum absolute atomic E-state index is 12.3. The number of ether oxygens (including phenoxy) is 1. The number of nitrogens with two attached hydrogens (primary N) is 1. The van der Waals surface area contributed by atoms with E-state index in [4.69, 9.17) is 10.5 Å². The van der Waals surface area contributed by atoms with Gasteiger partial charge in [-0.2, -0.15) is 0 Å². The van der Waals surface area contributed by atoms with E-state index in [2.05, 4.69) is 19.7 Å². The molecule has 2 aliphatic heterocycles. The molecule has 144 valence electrons. The molecule has 2 fully saturated rings. The second-order valence-corrected chi connectivity index (χ2v) is 7.07. The van der Waals surface area contributed by atoms with Crippen molar-refractivity contribution < 1.29 is 14.3 Å². The van der Waals surface area contributed by atoms with Gasteiger partial charge < -0.3 is 19.9 Å². The minimum Gasteiger partial charge on any atom is -0.379 e. The summed E-state index contributed by atoms with van der Waals surface area (Å²) in [5, 5.41) is 8.80. The highest BCUT2D eigenvalue weighted by molar-refractivity contribution is 5.82. The molecule has 26 heavy (non-hydrogen) atoms. The van der Waals surface area contributed by atoms with Crippen molar-refractivity contribution in [2.45, 2.75) is 38.1 Å². The van der Waals surface area contributed by atoms with E-state index in [0.717, 1.165) is 63.9 Å². The molecule has 2 aliphatic rings. The Balaban J connectivity index is 1.61. The van der Waals surface area contributed by atoms with Crippen LogP contribution in [0.5, 0.6) is 0 Å². The molecular weight excluding hydrogens is 336 g/mol. The molecular formula is C17H28N6O3. The first-order chi connectivity index (χ1) is 12.5. The smallest absolute Gasteiger partial charge is 0.223 e. The molecule has 3 heterocycles. The van der Waals surface area contributed by atoms with E-state index < -0.39 is 5.91 Å². The van der Waals surface area contributed by atoms with Crippen LogP contribution in [0.15, 0.2) is 0 Å². The number of morpholine rings is 1. The summed E-state index contributed by atoms with van der Waals surface area (Å²) in [5.74, 6) is 1.61. The molecule has 0 radical (unpaired) electrons. The lowest BCUT2D eigenvalue weighted by atomic mass is 9.96. The van der Waals surface area contributed by atoms with Gasteiger partial charge in [-0.1, -0.05) is 0 Å². The second-order valence-electron chi connectivity index (χ2n) is 7.07. The Kier molecular flexibility index (Phi) is 6.20. The van der Waals surface area contributed by atoms with Crippen molar-refractivity contribution in [1.29, 1.82) is 0 Å². The first-order valence-electron chi connectivity index (χ1n) is 9.29. The summed E-state index contributed by atoms with van der Waals surface area (Å²) in [6.45, 7) is 5.46. The number of primary amides is 1. The number of hydrogen-bond acceptors (Lipinski definition) is 6. The van der Waals surface area contributed by atoms with Gasteiger partial charge in [0.25, 0.3) is 0 Å². The Hall–Kier alpha value is -2.00. The van der Waals surface area contributed by atoms with Crippen molar-refractivity contribution in [3.63, 3.8) is 0 Å². The van der Waals surface area contributed by atoms with E-state index in [0.29, 0.717) is 6.54 Å². The number of rotatable bonds is 6. The van der Waals surface area contributed by atoms with Crippen LogP contribution in [-0.4, -0.2) is 75.8 Å². The zero-order chi connectivity index (χ0) is 18.5. The summed E-state index contributed by atoms with van der Waals surface area (Å²) >= 11 is 0. The number of piperidine rings is 1. The fraction of sp³-hybridized carbons (Fsp3) is 0.765. The normalized spacial score (nSPS) is 21.7. The summed E-state index contributed by atoms with van der Waals surface area (Å²) in [7, 11) is 2.00. The van der Waals surface area contributed by atoms with Crippen LogP contribution in [0, 0.1) is 0 Å². The van der Waals surface area contributed by atoms with E-state index in [1.165, 1.54) is 0 Å². The fourth-order valence-electron chi connectivity index (χ4n) is 3.63. The highest BCUT2D eigenvalue weighted by atomic mass is 16.5. The zero-order valence-electron chi connectivity index (χ0n) is 15.4. The van der Waals surface area contributed by atoms with Crippen LogP contribution in [-0.2, 0) is 27.9 Å². The number of hydrogen-bond donors (Lipinski definition) is 1. The topological polar surface area (TPSA) is 107 Å². The quantitative estimate of drug-likeness (QED) is 0.737. The summed E-state index contributed by atoms with van der Waals surface area (Å²) in [6, 6.07) is 0. The largest absolute Gasteiger partial charge is 0.379 e. The van der Waals surface area contributed by atoms with Gasteiger partial charge in [-0.25, -0.2) is 0 Å². The number of aromatic nitrogens is 3. The van der Waals surface area contributed by atoms with E-state index >= 15 is 0 Å². The molecule has 0 aliphatic carbocycles. The Morgan fingerprint density at radius 1 is 1.19 bits per heavy atom. The maximum Gasteiger partial charge on any atom is 0.223 e. The van der Waals surface area contributed by atoms with Crippen molar-refractivity contribution >= 4 is 11.8 Å². The minimum absolute atomic E-state index is 0.00999. The van der Waals surface area contributed by atoms with Crippen molar-refractivity contribution in [3.8, 4) is 0 Å². The number of carbonyl (C=O) groups excluding carboxylic acids is 2. The van der Waals surface area contributed by atoms with Gasteiger partial charge in [0.1, 0.15) is 11.6 Å². The van der Waals surface area contributed by atoms with Crippen LogP contribution >= 0.6 is 0 Å². The van der Waals surface area contributed by atoms with Crippen molar-refractivity contribution in [3.05, 3.63) is 11.6 Å².